The van der Waals surface area contributed by atoms with Gasteiger partial charge >= 0.3 is 0 Å². The summed E-state index contributed by atoms with van der Waals surface area (Å²) in [6.45, 7) is 7.13. The third-order valence-electron chi connectivity index (χ3n) is 2.29. The molecule has 0 atom stereocenters. The Hall–Kier alpha value is -0.670. The summed E-state index contributed by atoms with van der Waals surface area (Å²) in [5.41, 5.74) is 0.105. The third kappa shape index (κ3) is 6.03. The highest BCUT2D eigenvalue weighted by atomic mass is 32.1. The molecule has 2 nitrogen and oxygen atoms in total. The molecule has 1 heterocycles. The van der Waals surface area contributed by atoms with Crippen molar-refractivity contribution >= 4 is 17.1 Å². The topological polar surface area (TPSA) is 29.1 Å². The lowest BCUT2D eigenvalue weighted by molar-refractivity contribution is -0.118. The van der Waals surface area contributed by atoms with Gasteiger partial charge in [-0.15, -0.1) is 11.3 Å². The molecule has 0 saturated carbocycles. The molecule has 1 aromatic heterocycles. The average molecular weight is 239 g/mol. The number of ketones is 1. The molecular formula is C13H21NOS. The predicted octanol–water partition coefficient (Wildman–Crippen LogP) is 3.03. The minimum Gasteiger partial charge on any atom is -0.312 e. The van der Waals surface area contributed by atoms with Gasteiger partial charge in [-0.25, -0.2) is 0 Å². The molecule has 0 aliphatic carbocycles. The van der Waals surface area contributed by atoms with Gasteiger partial charge in [0.1, 0.15) is 5.78 Å². The number of hydrogen-bond donors (Lipinski definition) is 1. The van der Waals surface area contributed by atoms with Crippen molar-refractivity contribution in [2.75, 3.05) is 6.54 Å². The second kappa shape index (κ2) is 6.16. The van der Waals surface area contributed by atoms with Crippen molar-refractivity contribution in [3.63, 3.8) is 0 Å². The molecule has 16 heavy (non-hydrogen) atoms. The fourth-order valence-corrected chi connectivity index (χ4v) is 2.13. The summed E-state index contributed by atoms with van der Waals surface area (Å²) >= 11 is 1.73. The van der Waals surface area contributed by atoms with Gasteiger partial charge in [-0.05, 0) is 38.6 Å². The molecule has 0 saturated heterocycles. The smallest absolute Gasteiger partial charge is 0.134 e. The Bertz CT molecular complexity index is 311. The van der Waals surface area contributed by atoms with E-state index >= 15 is 0 Å². The maximum atomic E-state index is 11.6. The lowest BCUT2D eigenvalue weighted by atomic mass is 10.1. The van der Waals surface area contributed by atoms with Crippen molar-refractivity contribution in [3.8, 4) is 0 Å². The zero-order chi connectivity index (χ0) is 12.0. The van der Waals surface area contributed by atoms with Crippen LogP contribution < -0.4 is 5.32 Å². The average Bonchev–Trinajstić information content (AvgIpc) is 2.65. The first-order valence-electron chi connectivity index (χ1n) is 5.76. The first kappa shape index (κ1) is 13.4. The maximum Gasteiger partial charge on any atom is 0.134 e. The van der Waals surface area contributed by atoms with Crippen LogP contribution in [-0.2, 0) is 11.2 Å². The van der Waals surface area contributed by atoms with E-state index in [2.05, 4.69) is 37.5 Å². The molecule has 1 aromatic rings. The Labute approximate surface area is 102 Å². The first-order chi connectivity index (χ1) is 7.47. The first-order valence-corrected chi connectivity index (χ1v) is 6.64. The molecule has 0 aliphatic heterocycles. The molecule has 1 N–H and O–H groups in total. The lowest BCUT2D eigenvalue weighted by Gasteiger charge is -2.20. The fraction of sp³-hybridized carbons (Fsp3) is 0.615. The highest BCUT2D eigenvalue weighted by Gasteiger charge is 2.09. The normalized spacial score (nSPS) is 11.7. The Kier molecular flexibility index (Phi) is 5.16. The van der Waals surface area contributed by atoms with Crippen LogP contribution in [-0.4, -0.2) is 17.9 Å². The van der Waals surface area contributed by atoms with E-state index in [1.54, 1.807) is 11.3 Å². The molecule has 0 amide bonds. The largest absolute Gasteiger partial charge is 0.312 e. The van der Waals surface area contributed by atoms with Crippen LogP contribution in [0.1, 0.15) is 38.5 Å². The highest BCUT2D eigenvalue weighted by molar-refractivity contribution is 7.09. The lowest BCUT2D eigenvalue weighted by Crippen LogP contribution is -2.37. The van der Waals surface area contributed by atoms with E-state index in [1.807, 2.05) is 6.07 Å². The number of nitrogens with one attached hydrogen (secondary N) is 1. The van der Waals surface area contributed by atoms with Crippen molar-refractivity contribution in [2.45, 2.75) is 45.6 Å². The van der Waals surface area contributed by atoms with E-state index in [4.69, 9.17) is 0 Å². The van der Waals surface area contributed by atoms with Crippen LogP contribution in [0.25, 0.3) is 0 Å². The van der Waals surface area contributed by atoms with Gasteiger partial charge in [0.15, 0.2) is 0 Å². The van der Waals surface area contributed by atoms with Gasteiger partial charge < -0.3 is 5.32 Å². The van der Waals surface area contributed by atoms with Gasteiger partial charge in [0, 0.05) is 29.8 Å². The Morgan fingerprint density at radius 2 is 2.12 bits per heavy atom. The van der Waals surface area contributed by atoms with Gasteiger partial charge in [0.25, 0.3) is 0 Å². The summed E-state index contributed by atoms with van der Waals surface area (Å²) in [7, 11) is 0. The molecular weight excluding hydrogens is 218 g/mol. The van der Waals surface area contributed by atoms with E-state index in [0.717, 1.165) is 13.0 Å². The Morgan fingerprint density at radius 3 is 2.69 bits per heavy atom. The van der Waals surface area contributed by atoms with Crippen LogP contribution in [0.2, 0.25) is 0 Å². The molecule has 0 bridgehead atoms. The minimum absolute atomic E-state index is 0.105. The van der Waals surface area contributed by atoms with Gasteiger partial charge in [-0.3, -0.25) is 4.79 Å². The number of rotatable bonds is 6. The SMILES string of the molecule is CC(C)(C)NCCC(=O)CCc1cccs1. The number of carbonyl (C=O) groups is 1. The summed E-state index contributed by atoms with van der Waals surface area (Å²) in [5.74, 6) is 0.352. The quantitative estimate of drug-likeness (QED) is 0.826. The molecule has 0 spiro atoms. The molecule has 0 aromatic carbocycles. The highest BCUT2D eigenvalue weighted by Crippen LogP contribution is 2.11. The van der Waals surface area contributed by atoms with Crippen LogP contribution in [0.5, 0.6) is 0 Å². The Morgan fingerprint density at radius 1 is 1.38 bits per heavy atom. The van der Waals surface area contributed by atoms with Crippen molar-refractivity contribution in [2.24, 2.45) is 0 Å². The summed E-state index contributed by atoms with van der Waals surface area (Å²) in [4.78, 5) is 12.9. The molecule has 0 fully saturated rings. The fourth-order valence-electron chi connectivity index (χ4n) is 1.42. The van der Waals surface area contributed by atoms with Crippen molar-refractivity contribution in [3.05, 3.63) is 22.4 Å². The van der Waals surface area contributed by atoms with E-state index < -0.39 is 0 Å². The van der Waals surface area contributed by atoms with Gasteiger partial charge in [-0.1, -0.05) is 6.07 Å². The molecule has 90 valence electrons. The van der Waals surface area contributed by atoms with Crippen molar-refractivity contribution in [1.29, 1.82) is 0 Å². The zero-order valence-corrected chi connectivity index (χ0v) is 11.2. The molecule has 0 radical (unpaired) electrons. The van der Waals surface area contributed by atoms with Gasteiger partial charge in [0.05, 0.1) is 0 Å². The van der Waals surface area contributed by atoms with Gasteiger partial charge in [-0.2, -0.15) is 0 Å². The number of carbonyl (C=O) groups excluding carboxylic acids is 1. The Balaban J connectivity index is 2.12. The van der Waals surface area contributed by atoms with Crippen LogP contribution >= 0.6 is 11.3 Å². The number of aryl methyl sites for hydroxylation is 1. The van der Waals surface area contributed by atoms with Crippen LogP contribution in [0, 0.1) is 0 Å². The van der Waals surface area contributed by atoms with Crippen LogP contribution in [0.3, 0.4) is 0 Å². The van der Waals surface area contributed by atoms with E-state index in [-0.39, 0.29) is 5.54 Å². The van der Waals surface area contributed by atoms with Crippen LogP contribution in [0.4, 0.5) is 0 Å². The standard InChI is InChI=1S/C13H21NOS/c1-13(2,3)14-9-8-11(15)6-7-12-5-4-10-16-12/h4-5,10,14H,6-9H2,1-3H3. The summed E-state index contributed by atoms with van der Waals surface area (Å²) in [5, 5.41) is 5.38. The van der Waals surface area contributed by atoms with E-state index in [1.165, 1.54) is 4.88 Å². The number of thiophene rings is 1. The van der Waals surface area contributed by atoms with Gasteiger partial charge in [0.2, 0.25) is 0 Å². The molecule has 3 heteroatoms. The van der Waals surface area contributed by atoms with Crippen molar-refractivity contribution in [1.82, 2.24) is 5.32 Å². The third-order valence-corrected chi connectivity index (χ3v) is 3.23. The van der Waals surface area contributed by atoms with Crippen LogP contribution in [0.15, 0.2) is 17.5 Å². The van der Waals surface area contributed by atoms with Crippen molar-refractivity contribution < 1.29 is 4.79 Å². The molecule has 1 rings (SSSR count). The monoisotopic (exact) mass is 239 g/mol. The maximum absolute atomic E-state index is 11.6. The molecule has 0 aliphatic rings. The number of hydrogen-bond acceptors (Lipinski definition) is 3. The predicted molar refractivity (Wildman–Crippen MR) is 70.0 cm³/mol. The zero-order valence-electron chi connectivity index (χ0n) is 10.4. The summed E-state index contributed by atoms with van der Waals surface area (Å²) < 4.78 is 0. The van der Waals surface area contributed by atoms with E-state index in [9.17, 15) is 4.79 Å². The summed E-state index contributed by atoms with van der Waals surface area (Å²) in [6, 6.07) is 4.12. The summed E-state index contributed by atoms with van der Waals surface area (Å²) in [6.07, 6.45) is 2.21. The second-order valence-corrected chi connectivity index (χ2v) is 6.08. The minimum atomic E-state index is 0.105. The molecule has 0 unspecified atom stereocenters. The number of Topliss-reactive ketones (excluding diaryl/α,β-unsaturated/α-hetero) is 1. The second-order valence-electron chi connectivity index (χ2n) is 5.04. The van der Waals surface area contributed by atoms with E-state index in [0.29, 0.717) is 18.6 Å².